The van der Waals surface area contributed by atoms with Crippen LogP contribution in [0.1, 0.15) is 6.42 Å². The largest absolute Gasteiger partial charge is 0.310 e. The Morgan fingerprint density at radius 2 is 2.20 bits per heavy atom. The summed E-state index contributed by atoms with van der Waals surface area (Å²) in [5.41, 5.74) is 0. The molecule has 1 aliphatic rings. The summed E-state index contributed by atoms with van der Waals surface area (Å²) in [5.74, 6) is 0.343. The number of aromatic nitrogens is 1. The number of rotatable bonds is 0. The van der Waals surface area contributed by atoms with E-state index >= 15 is 0 Å². The molecule has 2 aromatic rings. The molecule has 1 fully saturated rings. The minimum atomic E-state index is 0.343. The van der Waals surface area contributed by atoms with Crippen LogP contribution < -0.4 is 5.32 Å². The maximum absolute atomic E-state index is 10.2. The lowest BCUT2D eigenvalue weighted by Crippen LogP contribution is -2.07. The molecular weight excluding hydrogens is 208 g/mol. The summed E-state index contributed by atoms with van der Waals surface area (Å²) in [6.07, 6.45) is 2.62. The zero-order chi connectivity index (χ0) is 10.5. The lowest BCUT2D eigenvalue weighted by Gasteiger charge is -1.80. The van der Waals surface area contributed by atoms with Gasteiger partial charge in [-0.2, -0.15) is 4.37 Å². The lowest BCUT2D eigenvalue weighted by atomic mass is 10.3. The van der Waals surface area contributed by atoms with E-state index in [4.69, 9.17) is 0 Å². The molecule has 15 heavy (non-hydrogen) atoms. The molecule has 1 aromatic carbocycles. The smallest absolute Gasteiger partial charge is 0.147 e. The highest BCUT2D eigenvalue weighted by atomic mass is 32.1. The van der Waals surface area contributed by atoms with Gasteiger partial charge in [-0.05, 0) is 17.6 Å². The van der Waals surface area contributed by atoms with Gasteiger partial charge in [-0.3, -0.25) is 4.79 Å². The van der Waals surface area contributed by atoms with Crippen molar-refractivity contribution in [3.05, 3.63) is 30.5 Å². The predicted molar refractivity (Wildman–Crippen MR) is 62.1 cm³/mol. The van der Waals surface area contributed by atoms with E-state index in [0.717, 1.165) is 13.0 Å². The highest BCUT2D eigenvalue weighted by molar-refractivity contribution is 7.13. The van der Waals surface area contributed by atoms with Crippen molar-refractivity contribution < 1.29 is 4.79 Å². The number of fused-ring (bicyclic) bond motifs is 1. The van der Waals surface area contributed by atoms with Gasteiger partial charge >= 0.3 is 0 Å². The zero-order valence-electron chi connectivity index (χ0n) is 8.27. The molecule has 0 radical (unpaired) electrons. The maximum atomic E-state index is 10.2. The van der Waals surface area contributed by atoms with Crippen molar-refractivity contribution >= 4 is 27.4 Å². The standard InChI is InChI=1S/C7H5NS.C4H7NO/c1-2-4-7-6(3-1)5-8-9-7;6-4-1-2-5-3-4/h1-5H;5H,1-3H2. The molecule has 3 rings (SSSR count). The van der Waals surface area contributed by atoms with Crippen molar-refractivity contribution in [2.24, 2.45) is 0 Å². The zero-order valence-corrected chi connectivity index (χ0v) is 9.09. The molecule has 78 valence electrons. The molecule has 4 heteroatoms. The van der Waals surface area contributed by atoms with Gasteiger partial charge in [0.2, 0.25) is 0 Å². The van der Waals surface area contributed by atoms with Gasteiger partial charge in [-0.1, -0.05) is 18.2 Å². The van der Waals surface area contributed by atoms with E-state index in [0.29, 0.717) is 12.3 Å². The Balaban J connectivity index is 0.000000124. The monoisotopic (exact) mass is 220 g/mol. The summed E-state index contributed by atoms with van der Waals surface area (Å²) in [6.45, 7) is 1.48. The second-order valence-corrected chi connectivity index (χ2v) is 4.16. The van der Waals surface area contributed by atoms with Crippen LogP contribution in [0.5, 0.6) is 0 Å². The number of hydrogen-bond donors (Lipinski definition) is 1. The van der Waals surface area contributed by atoms with Gasteiger partial charge in [-0.15, -0.1) is 0 Å². The molecule has 1 N–H and O–H groups in total. The van der Waals surface area contributed by atoms with Crippen LogP contribution in [0, 0.1) is 0 Å². The van der Waals surface area contributed by atoms with E-state index in [1.807, 2.05) is 18.3 Å². The summed E-state index contributed by atoms with van der Waals surface area (Å²) in [4.78, 5) is 10.2. The average molecular weight is 220 g/mol. The van der Waals surface area contributed by atoms with Crippen LogP contribution >= 0.6 is 11.5 Å². The fourth-order valence-corrected chi connectivity index (χ4v) is 2.00. The number of ketones is 1. The number of carbonyl (C=O) groups excluding carboxylic acids is 1. The van der Waals surface area contributed by atoms with Gasteiger partial charge in [0.05, 0.1) is 11.2 Å². The van der Waals surface area contributed by atoms with Gasteiger partial charge in [-0.25, -0.2) is 0 Å². The van der Waals surface area contributed by atoms with Crippen molar-refractivity contribution in [1.82, 2.24) is 9.69 Å². The summed E-state index contributed by atoms with van der Waals surface area (Å²) in [6, 6.07) is 8.20. The first-order valence-corrected chi connectivity index (χ1v) is 5.65. The highest BCUT2D eigenvalue weighted by Crippen LogP contribution is 2.15. The Hall–Kier alpha value is -1.26. The Morgan fingerprint density at radius 1 is 1.33 bits per heavy atom. The van der Waals surface area contributed by atoms with Crippen molar-refractivity contribution in [3.63, 3.8) is 0 Å². The molecule has 1 aliphatic heterocycles. The highest BCUT2D eigenvalue weighted by Gasteiger charge is 2.06. The quantitative estimate of drug-likeness (QED) is 0.736. The third-order valence-electron chi connectivity index (χ3n) is 2.16. The number of benzene rings is 1. The Morgan fingerprint density at radius 3 is 2.80 bits per heavy atom. The van der Waals surface area contributed by atoms with Gasteiger partial charge in [0.25, 0.3) is 0 Å². The fraction of sp³-hybridized carbons (Fsp3) is 0.273. The molecule has 2 heterocycles. The average Bonchev–Trinajstić information content (AvgIpc) is 2.88. The molecule has 0 aliphatic carbocycles. The van der Waals surface area contributed by atoms with E-state index in [1.165, 1.54) is 21.6 Å². The van der Waals surface area contributed by atoms with Crippen molar-refractivity contribution in [2.75, 3.05) is 13.1 Å². The second kappa shape index (κ2) is 5.00. The maximum Gasteiger partial charge on any atom is 0.147 e. The van der Waals surface area contributed by atoms with Crippen molar-refractivity contribution in [3.8, 4) is 0 Å². The van der Waals surface area contributed by atoms with Crippen LogP contribution in [0.25, 0.3) is 10.1 Å². The Bertz CT molecular complexity index is 414. The van der Waals surface area contributed by atoms with Crippen LogP contribution in [0.15, 0.2) is 30.5 Å². The normalized spacial score (nSPS) is 15.1. The van der Waals surface area contributed by atoms with Crippen LogP contribution in [0.3, 0.4) is 0 Å². The summed E-state index contributed by atoms with van der Waals surface area (Å²) in [7, 11) is 0. The Labute approximate surface area is 92.3 Å². The molecular formula is C11H12N2OS. The number of Topliss-reactive ketones (excluding diaryl/α,β-unsaturated/α-hetero) is 1. The summed E-state index contributed by atoms with van der Waals surface area (Å²) < 4.78 is 5.30. The molecule has 1 saturated heterocycles. The minimum absolute atomic E-state index is 0.343. The van der Waals surface area contributed by atoms with Gasteiger partial charge in [0.1, 0.15) is 5.78 Å². The first-order chi connectivity index (χ1) is 7.36. The molecule has 0 bridgehead atoms. The van der Waals surface area contributed by atoms with Gasteiger partial charge in [0.15, 0.2) is 0 Å². The van der Waals surface area contributed by atoms with E-state index in [-0.39, 0.29) is 0 Å². The molecule has 0 unspecified atom stereocenters. The SMILES string of the molecule is O=C1CCNC1.c1ccc2sncc2c1. The second-order valence-electron chi connectivity index (χ2n) is 3.33. The minimum Gasteiger partial charge on any atom is -0.310 e. The topological polar surface area (TPSA) is 42.0 Å². The van der Waals surface area contributed by atoms with Gasteiger partial charge in [0, 0.05) is 24.5 Å². The summed E-state index contributed by atoms with van der Waals surface area (Å²) in [5, 5.41) is 4.16. The fourth-order valence-electron chi connectivity index (χ4n) is 1.35. The molecule has 0 amide bonds. The molecule has 0 saturated carbocycles. The van der Waals surface area contributed by atoms with Crippen molar-refractivity contribution in [1.29, 1.82) is 0 Å². The molecule has 1 aromatic heterocycles. The van der Waals surface area contributed by atoms with E-state index < -0.39 is 0 Å². The third-order valence-corrected chi connectivity index (χ3v) is 2.94. The number of nitrogens with zero attached hydrogens (tertiary/aromatic N) is 1. The summed E-state index contributed by atoms with van der Waals surface area (Å²) >= 11 is 1.54. The number of nitrogens with one attached hydrogen (secondary N) is 1. The van der Waals surface area contributed by atoms with E-state index in [1.54, 1.807) is 0 Å². The number of carbonyl (C=O) groups is 1. The van der Waals surface area contributed by atoms with Crippen LogP contribution in [0.2, 0.25) is 0 Å². The molecule has 0 atom stereocenters. The lowest BCUT2D eigenvalue weighted by molar-refractivity contribution is -0.116. The van der Waals surface area contributed by atoms with Crippen LogP contribution in [0.4, 0.5) is 0 Å². The Kier molecular flexibility index (Phi) is 3.42. The first-order valence-electron chi connectivity index (χ1n) is 4.88. The number of hydrogen-bond acceptors (Lipinski definition) is 4. The van der Waals surface area contributed by atoms with E-state index in [9.17, 15) is 4.79 Å². The molecule has 3 nitrogen and oxygen atoms in total. The van der Waals surface area contributed by atoms with E-state index in [2.05, 4.69) is 21.8 Å². The van der Waals surface area contributed by atoms with Gasteiger partial charge < -0.3 is 5.32 Å². The predicted octanol–water partition coefficient (Wildman–Crippen LogP) is 1.85. The van der Waals surface area contributed by atoms with Crippen LogP contribution in [-0.2, 0) is 4.79 Å². The first kappa shape index (κ1) is 10.3. The van der Waals surface area contributed by atoms with Crippen LogP contribution in [-0.4, -0.2) is 23.2 Å². The third kappa shape index (κ3) is 2.84. The van der Waals surface area contributed by atoms with Crippen molar-refractivity contribution in [2.45, 2.75) is 6.42 Å². The molecule has 0 spiro atoms.